The number of aryl methyl sites for hydroxylation is 2. The molecule has 0 bridgehead atoms. The topological polar surface area (TPSA) is 73.9 Å². The fraction of sp³-hybridized carbons (Fsp3) is 0.560. The molecule has 0 saturated carbocycles. The Morgan fingerprint density at radius 2 is 2.00 bits per heavy atom. The molecule has 1 aromatic carbocycles. The van der Waals surface area contributed by atoms with Gasteiger partial charge in [0.25, 0.3) is 0 Å². The van der Waals surface area contributed by atoms with E-state index in [9.17, 15) is 4.79 Å². The summed E-state index contributed by atoms with van der Waals surface area (Å²) in [5.41, 5.74) is 5.58. The fourth-order valence-corrected chi connectivity index (χ4v) is 4.45. The molecule has 0 aliphatic carbocycles. The van der Waals surface area contributed by atoms with E-state index in [1.165, 1.54) is 31.5 Å². The zero-order valence-corrected chi connectivity index (χ0v) is 19.2. The second-order valence-corrected chi connectivity index (χ2v) is 8.86. The van der Waals surface area contributed by atoms with E-state index in [4.69, 9.17) is 5.26 Å². The predicted octanol–water partition coefficient (Wildman–Crippen LogP) is 3.89. The molecule has 1 atom stereocenters. The molecule has 1 aliphatic rings. The van der Waals surface area contributed by atoms with Gasteiger partial charge in [0.15, 0.2) is 0 Å². The summed E-state index contributed by atoms with van der Waals surface area (Å²) in [6, 6.07) is 10.8. The van der Waals surface area contributed by atoms with Crippen molar-refractivity contribution in [2.75, 3.05) is 13.1 Å². The van der Waals surface area contributed by atoms with Gasteiger partial charge in [0.2, 0.25) is 5.91 Å². The zero-order valence-electron chi connectivity index (χ0n) is 19.2. The van der Waals surface area contributed by atoms with Crippen LogP contribution in [0.15, 0.2) is 24.3 Å². The summed E-state index contributed by atoms with van der Waals surface area (Å²) in [5.74, 6) is 0.845. The van der Waals surface area contributed by atoms with Gasteiger partial charge in [0.05, 0.1) is 24.7 Å². The van der Waals surface area contributed by atoms with Crippen LogP contribution in [-0.4, -0.2) is 33.7 Å². The Morgan fingerprint density at radius 1 is 1.26 bits per heavy atom. The molecule has 0 spiro atoms. The maximum atomic E-state index is 12.4. The number of hydrogen-bond donors (Lipinski definition) is 1. The van der Waals surface area contributed by atoms with Gasteiger partial charge in [-0.05, 0) is 62.3 Å². The lowest BCUT2D eigenvalue weighted by atomic mass is 9.99. The van der Waals surface area contributed by atoms with E-state index in [0.29, 0.717) is 32.4 Å². The molecular weight excluding hydrogens is 386 g/mol. The third-order valence-electron chi connectivity index (χ3n) is 6.23. The van der Waals surface area contributed by atoms with Gasteiger partial charge in [0, 0.05) is 31.7 Å². The Hall–Kier alpha value is -2.65. The number of likely N-dealkylation sites (tertiary alicyclic amines) is 1. The van der Waals surface area contributed by atoms with Crippen molar-refractivity contribution in [3.8, 4) is 6.07 Å². The Kier molecular flexibility index (Phi) is 8.25. The van der Waals surface area contributed by atoms with Gasteiger partial charge in [0.1, 0.15) is 0 Å². The van der Waals surface area contributed by atoms with Crippen molar-refractivity contribution in [1.82, 2.24) is 20.0 Å². The van der Waals surface area contributed by atoms with Crippen molar-refractivity contribution in [3.63, 3.8) is 0 Å². The first-order valence-electron chi connectivity index (χ1n) is 11.4. The number of nitrogens with one attached hydrogen (secondary N) is 1. The summed E-state index contributed by atoms with van der Waals surface area (Å²) >= 11 is 0. The maximum absolute atomic E-state index is 12.4. The average molecular weight is 422 g/mol. The SMILES string of the molecule is Cc1nn(CCC#N)c(C)c1CCC(=O)NCc1ccc(CN2CCCC(C)C2)cc1. The van der Waals surface area contributed by atoms with Crippen molar-refractivity contribution in [3.05, 3.63) is 52.3 Å². The molecule has 1 unspecified atom stereocenters. The van der Waals surface area contributed by atoms with E-state index in [1.54, 1.807) is 0 Å². The molecule has 166 valence electrons. The third kappa shape index (κ3) is 6.67. The van der Waals surface area contributed by atoms with Gasteiger partial charge in [-0.1, -0.05) is 31.2 Å². The lowest BCUT2D eigenvalue weighted by molar-refractivity contribution is -0.121. The highest BCUT2D eigenvalue weighted by atomic mass is 16.1. The van der Waals surface area contributed by atoms with Gasteiger partial charge >= 0.3 is 0 Å². The number of nitriles is 1. The number of rotatable bonds is 9. The Morgan fingerprint density at radius 3 is 2.71 bits per heavy atom. The van der Waals surface area contributed by atoms with Crippen molar-refractivity contribution in [2.45, 2.75) is 72.5 Å². The summed E-state index contributed by atoms with van der Waals surface area (Å²) < 4.78 is 1.87. The number of carbonyl (C=O) groups excluding carboxylic acids is 1. The molecule has 1 saturated heterocycles. The van der Waals surface area contributed by atoms with E-state index < -0.39 is 0 Å². The predicted molar refractivity (Wildman–Crippen MR) is 122 cm³/mol. The van der Waals surface area contributed by atoms with Gasteiger partial charge in [-0.15, -0.1) is 0 Å². The number of benzene rings is 1. The molecule has 1 aliphatic heterocycles. The molecule has 2 heterocycles. The number of amides is 1. The number of aromatic nitrogens is 2. The van der Waals surface area contributed by atoms with Crippen LogP contribution in [0.3, 0.4) is 0 Å². The normalized spacial score (nSPS) is 16.8. The van der Waals surface area contributed by atoms with Gasteiger partial charge in [-0.2, -0.15) is 10.4 Å². The zero-order chi connectivity index (χ0) is 22.2. The minimum absolute atomic E-state index is 0.0509. The smallest absolute Gasteiger partial charge is 0.220 e. The molecule has 6 nitrogen and oxygen atoms in total. The van der Waals surface area contributed by atoms with Crippen LogP contribution in [0.4, 0.5) is 0 Å². The summed E-state index contributed by atoms with van der Waals surface area (Å²) in [6.07, 6.45) is 4.20. The van der Waals surface area contributed by atoms with E-state index in [1.807, 2.05) is 18.5 Å². The van der Waals surface area contributed by atoms with Crippen LogP contribution in [0.5, 0.6) is 0 Å². The second kappa shape index (κ2) is 11.1. The first kappa shape index (κ1) is 23.0. The van der Waals surface area contributed by atoms with E-state index in [-0.39, 0.29) is 5.91 Å². The lowest BCUT2D eigenvalue weighted by Crippen LogP contribution is -2.33. The Bertz CT molecular complexity index is 909. The van der Waals surface area contributed by atoms with Crippen LogP contribution in [0.25, 0.3) is 0 Å². The fourth-order valence-electron chi connectivity index (χ4n) is 4.45. The van der Waals surface area contributed by atoms with Crippen LogP contribution in [0, 0.1) is 31.1 Å². The van der Waals surface area contributed by atoms with Crippen LogP contribution >= 0.6 is 0 Å². The van der Waals surface area contributed by atoms with Crippen molar-refractivity contribution in [1.29, 1.82) is 5.26 Å². The molecule has 1 N–H and O–H groups in total. The molecular formula is C25H35N5O. The molecule has 6 heteroatoms. The summed E-state index contributed by atoms with van der Waals surface area (Å²) in [4.78, 5) is 14.9. The number of carbonyl (C=O) groups is 1. The Balaban J connectivity index is 1.43. The van der Waals surface area contributed by atoms with E-state index in [2.05, 4.69) is 52.6 Å². The van der Waals surface area contributed by atoms with Crippen LogP contribution in [0.1, 0.15) is 60.7 Å². The summed E-state index contributed by atoms with van der Waals surface area (Å²) in [7, 11) is 0. The first-order chi connectivity index (χ1) is 15.0. The first-order valence-corrected chi connectivity index (χ1v) is 11.4. The van der Waals surface area contributed by atoms with Gasteiger partial charge in [-0.3, -0.25) is 14.4 Å². The highest BCUT2D eigenvalue weighted by Gasteiger charge is 2.16. The minimum Gasteiger partial charge on any atom is -0.352 e. The lowest BCUT2D eigenvalue weighted by Gasteiger charge is -2.30. The van der Waals surface area contributed by atoms with Crippen molar-refractivity contribution in [2.24, 2.45) is 5.92 Å². The molecule has 3 rings (SSSR count). The summed E-state index contributed by atoms with van der Waals surface area (Å²) in [6.45, 7) is 10.9. The highest BCUT2D eigenvalue weighted by molar-refractivity contribution is 5.76. The molecule has 31 heavy (non-hydrogen) atoms. The standard InChI is InChI=1S/C25H35N5O/c1-19-6-4-14-29(17-19)18-23-9-7-22(8-10-23)16-27-25(31)12-11-24-20(2)28-30(21(24)3)15-5-13-26/h7-10,19H,4-6,11-12,14-18H2,1-3H3,(H,27,31). The molecule has 0 radical (unpaired) electrons. The van der Waals surface area contributed by atoms with Crippen molar-refractivity contribution >= 4 is 5.91 Å². The molecule has 1 aromatic heterocycles. The van der Waals surface area contributed by atoms with Crippen LogP contribution < -0.4 is 5.32 Å². The van der Waals surface area contributed by atoms with E-state index >= 15 is 0 Å². The average Bonchev–Trinajstić information content (AvgIpc) is 3.03. The number of nitrogens with zero attached hydrogens (tertiary/aromatic N) is 4. The molecule has 1 amide bonds. The number of piperidine rings is 1. The molecule has 2 aromatic rings. The second-order valence-electron chi connectivity index (χ2n) is 8.86. The van der Waals surface area contributed by atoms with Crippen molar-refractivity contribution < 1.29 is 4.79 Å². The number of hydrogen-bond acceptors (Lipinski definition) is 4. The largest absolute Gasteiger partial charge is 0.352 e. The molecule has 1 fully saturated rings. The van der Waals surface area contributed by atoms with Gasteiger partial charge < -0.3 is 5.32 Å². The van der Waals surface area contributed by atoms with E-state index in [0.717, 1.165) is 35.0 Å². The van der Waals surface area contributed by atoms with Crippen LogP contribution in [-0.2, 0) is 30.8 Å². The summed E-state index contributed by atoms with van der Waals surface area (Å²) in [5, 5.41) is 16.3. The quantitative estimate of drug-likeness (QED) is 0.666. The third-order valence-corrected chi connectivity index (χ3v) is 6.23. The van der Waals surface area contributed by atoms with Gasteiger partial charge in [-0.25, -0.2) is 0 Å². The maximum Gasteiger partial charge on any atom is 0.220 e. The minimum atomic E-state index is 0.0509. The monoisotopic (exact) mass is 421 g/mol. The Labute approximate surface area is 186 Å². The highest BCUT2D eigenvalue weighted by Crippen LogP contribution is 2.18. The van der Waals surface area contributed by atoms with Crippen LogP contribution in [0.2, 0.25) is 0 Å².